The molecule has 0 radical (unpaired) electrons. The third-order valence-corrected chi connectivity index (χ3v) is 3.71. The highest BCUT2D eigenvalue weighted by molar-refractivity contribution is 5.96. The lowest BCUT2D eigenvalue weighted by Crippen LogP contribution is -2.24. The van der Waals surface area contributed by atoms with E-state index >= 15 is 0 Å². The molecule has 2 aromatic rings. The van der Waals surface area contributed by atoms with E-state index in [4.69, 9.17) is 4.42 Å². The average molecular weight is 270 g/mol. The Labute approximate surface area is 117 Å². The number of nitrogens with one attached hydrogen (secondary N) is 1. The number of aromatic nitrogens is 1. The van der Waals surface area contributed by atoms with Gasteiger partial charge in [-0.2, -0.15) is 0 Å². The van der Waals surface area contributed by atoms with E-state index in [0.29, 0.717) is 17.7 Å². The summed E-state index contributed by atoms with van der Waals surface area (Å²) in [7, 11) is 0. The number of rotatable bonds is 4. The Kier molecular flexibility index (Phi) is 3.81. The number of fused-ring (bicyclic) bond motifs is 1. The van der Waals surface area contributed by atoms with E-state index < -0.39 is 0 Å². The van der Waals surface area contributed by atoms with E-state index in [1.165, 1.54) is 37.7 Å². The molecule has 1 amide bonds. The summed E-state index contributed by atoms with van der Waals surface area (Å²) in [5.74, 6) is -0.0558. The predicted octanol–water partition coefficient (Wildman–Crippen LogP) is 3.45. The van der Waals surface area contributed by atoms with Gasteiger partial charge in [0.25, 0.3) is 5.91 Å². The van der Waals surface area contributed by atoms with Crippen LogP contribution in [0.3, 0.4) is 0 Å². The zero-order valence-corrected chi connectivity index (χ0v) is 11.4. The lowest BCUT2D eigenvalue weighted by atomic mass is 9.97. The van der Waals surface area contributed by atoms with Gasteiger partial charge in [0, 0.05) is 12.1 Å². The molecule has 1 aromatic carbocycles. The largest absolute Gasteiger partial charge is 0.443 e. The van der Waals surface area contributed by atoms with Gasteiger partial charge in [-0.3, -0.25) is 4.79 Å². The fourth-order valence-corrected chi connectivity index (χ4v) is 2.57. The third-order valence-electron chi connectivity index (χ3n) is 3.71. The summed E-state index contributed by atoms with van der Waals surface area (Å²) < 4.78 is 5.21. The van der Waals surface area contributed by atoms with E-state index in [-0.39, 0.29) is 5.91 Å². The van der Waals surface area contributed by atoms with Crippen molar-refractivity contribution in [2.24, 2.45) is 0 Å². The Morgan fingerprint density at radius 1 is 1.35 bits per heavy atom. The lowest BCUT2D eigenvalue weighted by molar-refractivity contribution is 0.0954. The molecule has 1 aromatic heterocycles. The van der Waals surface area contributed by atoms with Crippen LogP contribution >= 0.6 is 0 Å². The number of amides is 1. The fraction of sp³-hybridized carbons (Fsp3) is 0.375. The molecule has 4 heteroatoms. The van der Waals surface area contributed by atoms with Crippen molar-refractivity contribution in [3.05, 3.63) is 41.8 Å². The van der Waals surface area contributed by atoms with Crippen molar-refractivity contribution in [1.29, 1.82) is 0 Å². The minimum atomic E-state index is -0.0558. The van der Waals surface area contributed by atoms with Gasteiger partial charge in [-0.15, -0.1) is 0 Å². The molecule has 0 saturated carbocycles. The van der Waals surface area contributed by atoms with E-state index in [1.54, 1.807) is 18.2 Å². The van der Waals surface area contributed by atoms with Crippen LogP contribution in [-0.2, 0) is 0 Å². The Morgan fingerprint density at radius 2 is 2.30 bits per heavy atom. The van der Waals surface area contributed by atoms with E-state index in [2.05, 4.69) is 16.4 Å². The second-order valence-electron chi connectivity index (χ2n) is 5.15. The Balaban J connectivity index is 1.57. The SMILES string of the molecule is O=C(NCCC1=CCCCC1)c1ccc2ncoc2c1. The molecule has 104 valence electrons. The van der Waals surface area contributed by atoms with E-state index in [9.17, 15) is 4.79 Å². The van der Waals surface area contributed by atoms with Crippen molar-refractivity contribution >= 4 is 17.0 Å². The number of hydrogen-bond acceptors (Lipinski definition) is 3. The lowest BCUT2D eigenvalue weighted by Gasteiger charge is -2.12. The van der Waals surface area contributed by atoms with Crippen LogP contribution in [0.25, 0.3) is 11.1 Å². The van der Waals surface area contributed by atoms with Gasteiger partial charge in [0.15, 0.2) is 12.0 Å². The maximum Gasteiger partial charge on any atom is 0.251 e. The van der Waals surface area contributed by atoms with Crippen molar-refractivity contribution in [2.75, 3.05) is 6.54 Å². The van der Waals surface area contributed by atoms with Gasteiger partial charge in [-0.25, -0.2) is 4.98 Å². The molecule has 3 rings (SSSR count). The van der Waals surface area contributed by atoms with Crippen LogP contribution < -0.4 is 5.32 Å². The van der Waals surface area contributed by atoms with Crippen LogP contribution in [-0.4, -0.2) is 17.4 Å². The van der Waals surface area contributed by atoms with E-state index in [0.717, 1.165) is 11.9 Å². The van der Waals surface area contributed by atoms with E-state index in [1.807, 2.05) is 0 Å². The zero-order chi connectivity index (χ0) is 13.8. The molecule has 0 saturated heterocycles. The normalized spacial score (nSPS) is 15.1. The maximum absolute atomic E-state index is 12.1. The second kappa shape index (κ2) is 5.90. The smallest absolute Gasteiger partial charge is 0.251 e. The molecule has 0 fully saturated rings. The van der Waals surface area contributed by atoms with Gasteiger partial charge in [0.2, 0.25) is 0 Å². The summed E-state index contributed by atoms with van der Waals surface area (Å²) in [6.07, 6.45) is 9.61. The van der Waals surface area contributed by atoms with Gasteiger partial charge in [-0.05, 0) is 50.3 Å². The van der Waals surface area contributed by atoms with Crippen LogP contribution in [0, 0.1) is 0 Å². The molecule has 0 spiro atoms. The molecule has 0 unspecified atom stereocenters. The molecule has 1 aliphatic carbocycles. The van der Waals surface area contributed by atoms with Gasteiger partial charge >= 0.3 is 0 Å². The Hall–Kier alpha value is -2.10. The van der Waals surface area contributed by atoms with Crippen LogP contribution in [0.5, 0.6) is 0 Å². The predicted molar refractivity (Wildman–Crippen MR) is 77.5 cm³/mol. The van der Waals surface area contributed by atoms with Crippen molar-refractivity contribution in [3.63, 3.8) is 0 Å². The Bertz CT molecular complexity index is 643. The van der Waals surface area contributed by atoms with Gasteiger partial charge in [0.05, 0.1) is 0 Å². The first-order chi connectivity index (χ1) is 9.83. The molecule has 0 aliphatic heterocycles. The van der Waals surface area contributed by atoms with Crippen LogP contribution in [0.2, 0.25) is 0 Å². The van der Waals surface area contributed by atoms with Crippen molar-refractivity contribution in [2.45, 2.75) is 32.1 Å². The fourth-order valence-electron chi connectivity index (χ4n) is 2.57. The minimum Gasteiger partial charge on any atom is -0.443 e. The monoisotopic (exact) mass is 270 g/mol. The first-order valence-corrected chi connectivity index (χ1v) is 7.12. The van der Waals surface area contributed by atoms with Crippen LogP contribution in [0.4, 0.5) is 0 Å². The summed E-state index contributed by atoms with van der Waals surface area (Å²) in [5.41, 5.74) is 3.51. The number of hydrogen-bond donors (Lipinski definition) is 1. The average Bonchev–Trinajstić information content (AvgIpc) is 2.95. The highest BCUT2D eigenvalue weighted by Gasteiger charge is 2.09. The second-order valence-corrected chi connectivity index (χ2v) is 5.15. The molecule has 1 N–H and O–H groups in total. The molecule has 0 atom stereocenters. The number of carbonyl (C=O) groups is 1. The quantitative estimate of drug-likeness (QED) is 0.866. The molecule has 0 bridgehead atoms. The number of carbonyl (C=O) groups excluding carboxylic acids is 1. The first-order valence-electron chi connectivity index (χ1n) is 7.12. The van der Waals surface area contributed by atoms with Crippen LogP contribution in [0.15, 0.2) is 40.7 Å². The summed E-state index contributed by atoms with van der Waals surface area (Å²) >= 11 is 0. The topological polar surface area (TPSA) is 55.1 Å². The van der Waals surface area contributed by atoms with Crippen LogP contribution in [0.1, 0.15) is 42.5 Å². The highest BCUT2D eigenvalue weighted by atomic mass is 16.3. The maximum atomic E-state index is 12.1. The first kappa shape index (κ1) is 12.9. The molecular weight excluding hydrogens is 252 g/mol. The van der Waals surface area contributed by atoms with Crippen molar-refractivity contribution < 1.29 is 9.21 Å². The van der Waals surface area contributed by atoms with Gasteiger partial charge in [0.1, 0.15) is 5.52 Å². The summed E-state index contributed by atoms with van der Waals surface area (Å²) in [5, 5.41) is 2.96. The van der Waals surface area contributed by atoms with Gasteiger partial charge in [-0.1, -0.05) is 11.6 Å². The van der Waals surface area contributed by atoms with Crippen molar-refractivity contribution in [3.8, 4) is 0 Å². The summed E-state index contributed by atoms with van der Waals surface area (Å²) in [6.45, 7) is 0.694. The molecule has 1 aliphatic rings. The van der Waals surface area contributed by atoms with Gasteiger partial charge < -0.3 is 9.73 Å². The standard InChI is InChI=1S/C16H18N2O2/c19-16(17-9-8-12-4-2-1-3-5-12)13-6-7-14-15(10-13)20-11-18-14/h4,6-7,10-11H,1-3,5,8-9H2,(H,17,19). The highest BCUT2D eigenvalue weighted by Crippen LogP contribution is 2.19. The summed E-state index contributed by atoms with van der Waals surface area (Å²) in [6, 6.07) is 5.31. The molecule has 20 heavy (non-hydrogen) atoms. The molecule has 4 nitrogen and oxygen atoms in total. The Morgan fingerprint density at radius 3 is 3.15 bits per heavy atom. The number of nitrogens with zero attached hydrogens (tertiary/aromatic N) is 1. The third kappa shape index (κ3) is 2.90. The number of allylic oxidation sites excluding steroid dienone is 1. The zero-order valence-electron chi connectivity index (χ0n) is 11.4. The summed E-state index contributed by atoms with van der Waals surface area (Å²) in [4.78, 5) is 16.1. The number of benzene rings is 1. The number of oxazole rings is 1. The minimum absolute atomic E-state index is 0.0558. The molecule has 1 heterocycles. The van der Waals surface area contributed by atoms with Crippen molar-refractivity contribution in [1.82, 2.24) is 10.3 Å². The molecular formula is C16H18N2O2.